The van der Waals surface area contributed by atoms with Crippen LogP contribution in [0.2, 0.25) is 0 Å². The summed E-state index contributed by atoms with van der Waals surface area (Å²) in [7, 11) is 0. The third kappa shape index (κ3) is 4.34. The molecule has 2 rings (SSSR count). The fraction of sp³-hybridized carbons (Fsp3) is 0.176. The van der Waals surface area contributed by atoms with Gasteiger partial charge in [-0.1, -0.05) is 48.5 Å². The molecule has 2 aromatic carbocycles. The molecule has 114 valence electrons. The largest absolute Gasteiger partial charge is 0.369 e. The van der Waals surface area contributed by atoms with Crippen molar-refractivity contribution < 1.29 is 9.59 Å². The van der Waals surface area contributed by atoms with E-state index in [4.69, 9.17) is 5.73 Å². The Morgan fingerprint density at radius 3 is 2.36 bits per heavy atom. The molecule has 0 radical (unpaired) electrons. The summed E-state index contributed by atoms with van der Waals surface area (Å²) in [6, 6.07) is 16.3. The monoisotopic (exact) mass is 297 g/mol. The van der Waals surface area contributed by atoms with E-state index in [1.807, 2.05) is 37.3 Å². The van der Waals surface area contributed by atoms with E-state index in [-0.39, 0.29) is 18.5 Å². The molecule has 0 saturated carbocycles. The number of primary amides is 1. The number of hydrogen-bond donors (Lipinski definition) is 3. The van der Waals surface area contributed by atoms with Gasteiger partial charge in [-0.3, -0.25) is 4.79 Å². The molecule has 0 spiro atoms. The summed E-state index contributed by atoms with van der Waals surface area (Å²) in [5.74, 6) is -0.438. The SMILES string of the molecule is C[C@H](NC(=O)Nc1ccccc1CC(N)=O)c1ccccc1. The van der Waals surface area contributed by atoms with Crippen molar-refractivity contribution in [3.63, 3.8) is 0 Å². The van der Waals surface area contributed by atoms with Gasteiger partial charge in [0.05, 0.1) is 12.5 Å². The molecule has 0 aliphatic rings. The number of amides is 3. The Hall–Kier alpha value is -2.82. The molecule has 5 heteroatoms. The van der Waals surface area contributed by atoms with Crippen LogP contribution in [0.5, 0.6) is 0 Å². The Morgan fingerprint density at radius 2 is 1.68 bits per heavy atom. The van der Waals surface area contributed by atoms with Crippen LogP contribution in [0.3, 0.4) is 0 Å². The van der Waals surface area contributed by atoms with E-state index in [1.54, 1.807) is 24.3 Å². The van der Waals surface area contributed by atoms with Crippen LogP contribution in [-0.4, -0.2) is 11.9 Å². The minimum atomic E-state index is -0.438. The van der Waals surface area contributed by atoms with Crippen molar-refractivity contribution in [3.8, 4) is 0 Å². The van der Waals surface area contributed by atoms with Crippen molar-refractivity contribution in [2.75, 3.05) is 5.32 Å². The molecule has 4 N–H and O–H groups in total. The molecule has 0 heterocycles. The molecule has 0 unspecified atom stereocenters. The first kappa shape index (κ1) is 15.6. The van der Waals surface area contributed by atoms with Crippen LogP contribution in [0, 0.1) is 0 Å². The molecule has 0 aliphatic heterocycles. The first-order valence-electron chi connectivity index (χ1n) is 7.05. The van der Waals surface area contributed by atoms with Crippen LogP contribution in [-0.2, 0) is 11.2 Å². The Kier molecular flexibility index (Phi) is 5.14. The highest BCUT2D eigenvalue weighted by Crippen LogP contribution is 2.16. The average Bonchev–Trinajstić information content (AvgIpc) is 2.49. The van der Waals surface area contributed by atoms with Crippen LogP contribution in [0.25, 0.3) is 0 Å². The third-order valence-corrected chi connectivity index (χ3v) is 3.28. The average molecular weight is 297 g/mol. The Bertz CT molecular complexity index is 656. The molecule has 5 nitrogen and oxygen atoms in total. The number of hydrogen-bond acceptors (Lipinski definition) is 2. The van der Waals surface area contributed by atoms with Crippen molar-refractivity contribution in [1.29, 1.82) is 0 Å². The summed E-state index contributed by atoms with van der Waals surface area (Å²) in [4.78, 5) is 23.2. The Balaban J connectivity index is 2.02. The van der Waals surface area contributed by atoms with Gasteiger partial charge >= 0.3 is 6.03 Å². The van der Waals surface area contributed by atoms with Crippen LogP contribution in [0.1, 0.15) is 24.1 Å². The predicted molar refractivity (Wildman–Crippen MR) is 86.4 cm³/mol. The number of nitrogens with two attached hydrogens (primary N) is 1. The maximum Gasteiger partial charge on any atom is 0.319 e. The number of benzene rings is 2. The zero-order valence-corrected chi connectivity index (χ0v) is 12.4. The van der Waals surface area contributed by atoms with Crippen molar-refractivity contribution in [2.24, 2.45) is 5.73 Å². The lowest BCUT2D eigenvalue weighted by molar-refractivity contribution is -0.117. The van der Waals surface area contributed by atoms with Gasteiger partial charge in [0, 0.05) is 5.69 Å². The van der Waals surface area contributed by atoms with Crippen molar-refractivity contribution in [3.05, 3.63) is 65.7 Å². The van der Waals surface area contributed by atoms with E-state index in [9.17, 15) is 9.59 Å². The number of urea groups is 1. The van der Waals surface area contributed by atoms with Gasteiger partial charge in [0.1, 0.15) is 0 Å². The van der Waals surface area contributed by atoms with E-state index < -0.39 is 5.91 Å². The van der Waals surface area contributed by atoms with Crippen LogP contribution < -0.4 is 16.4 Å². The Morgan fingerprint density at radius 1 is 1.05 bits per heavy atom. The summed E-state index contributed by atoms with van der Waals surface area (Å²) < 4.78 is 0. The predicted octanol–water partition coefficient (Wildman–Crippen LogP) is 2.60. The van der Waals surface area contributed by atoms with Gasteiger partial charge in [0.25, 0.3) is 0 Å². The van der Waals surface area contributed by atoms with E-state index in [0.717, 1.165) is 5.56 Å². The summed E-state index contributed by atoms with van der Waals surface area (Å²) in [6.45, 7) is 1.91. The van der Waals surface area contributed by atoms with E-state index in [2.05, 4.69) is 10.6 Å². The normalized spacial score (nSPS) is 11.5. The van der Waals surface area contributed by atoms with E-state index >= 15 is 0 Å². The van der Waals surface area contributed by atoms with Crippen molar-refractivity contribution in [1.82, 2.24) is 5.32 Å². The standard InChI is InChI=1S/C17H19N3O2/c1-12(13-7-3-2-4-8-13)19-17(22)20-15-10-6-5-9-14(15)11-16(18)21/h2-10,12H,11H2,1H3,(H2,18,21)(H2,19,20,22)/t12-/m0/s1. The van der Waals surface area contributed by atoms with Crippen molar-refractivity contribution in [2.45, 2.75) is 19.4 Å². The maximum absolute atomic E-state index is 12.1. The number of carbonyl (C=O) groups is 2. The molecule has 0 aliphatic carbocycles. The highest BCUT2D eigenvalue weighted by Gasteiger charge is 2.11. The lowest BCUT2D eigenvalue weighted by atomic mass is 10.1. The van der Waals surface area contributed by atoms with Gasteiger partial charge in [0.2, 0.25) is 5.91 Å². The summed E-state index contributed by atoms with van der Waals surface area (Å²) >= 11 is 0. The summed E-state index contributed by atoms with van der Waals surface area (Å²) in [5.41, 5.74) is 7.50. The molecule has 2 aromatic rings. The second-order valence-electron chi connectivity index (χ2n) is 5.03. The molecule has 0 aromatic heterocycles. The molecule has 22 heavy (non-hydrogen) atoms. The lowest BCUT2D eigenvalue weighted by Gasteiger charge is -2.16. The third-order valence-electron chi connectivity index (χ3n) is 3.28. The van der Waals surface area contributed by atoms with Gasteiger partial charge in [-0.25, -0.2) is 4.79 Å². The van der Waals surface area contributed by atoms with E-state index in [0.29, 0.717) is 11.3 Å². The maximum atomic E-state index is 12.1. The minimum Gasteiger partial charge on any atom is -0.369 e. The number of rotatable bonds is 5. The molecule has 1 atom stereocenters. The van der Waals surface area contributed by atoms with Crippen molar-refractivity contribution >= 4 is 17.6 Å². The van der Waals surface area contributed by atoms with Crippen LogP contribution >= 0.6 is 0 Å². The highest BCUT2D eigenvalue weighted by atomic mass is 16.2. The van der Waals surface area contributed by atoms with E-state index in [1.165, 1.54) is 0 Å². The van der Waals surface area contributed by atoms with Crippen LogP contribution in [0.15, 0.2) is 54.6 Å². The van der Waals surface area contributed by atoms with Gasteiger partial charge < -0.3 is 16.4 Å². The lowest BCUT2D eigenvalue weighted by Crippen LogP contribution is -2.31. The molecule has 0 saturated heterocycles. The molecular formula is C17H19N3O2. The number of carbonyl (C=O) groups excluding carboxylic acids is 2. The van der Waals surface area contributed by atoms with Gasteiger partial charge in [-0.05, 0) is 24.1 Å². The number of para-hydroxylation sites is 1. The minimum absolute atomic E-state index is 0.0880. The first-order valence-corrected chi connectivity index (χ1v) is 7.05. The highest BCUT2D eigenvalue weighted by molar-refractivity contribution is 5.91. The molecule has 0 bridgehead atoms. The first-order chi connectivity index (χ1) is 10.6. The fourth-order valence-electron chi connectivity index (χ4n) is 2.16. The van der Waals surface area contributed by atoms with Gasteiger partial charge in [-0.15, -0.1) is 0 Å². The fourth-order valence-corrected chi connectivity index (χ4v) is 2.16. The molecule has 0 fully saturated rings. The zero-order chi connectivity index (χ0) is 15.9. The quantitative estimate of drug-likeness (QED) is 0.792. The van der Waals surface area contributed by atoms with Gasteiger partial charge in [0.15, 0.2) is 0 Å². The molecular weight excluding hydrogens is 278 g/mol. The van der Waals surface area contributed by atoms with Gasteiger partial charge in [-0.2, -0.15) is 0 Å². The number of anilines is 1. The summed E-state index contributed by atoms with van der Waals surface area (Å²) in [6.07, 6.45) is 0.0880. The second-order valence-corrected chi connectivity index (χ2v) is 5.03. The summed E-state index contributed by atoms with van der Waals surface area (Å²) in [5, 5.41) is 5.62. The smallest absolute Gasteiger partial charge is 0.319 e. The Labute approximate surface area is 129 Å². The second kappa shape index (κ2) is 7.26. The molecule has 3 amide bonds. The van der Waals surface area contributed by atoms with Crippen LogP contribution in [0.4, 0.5) is 10.5 Å². The topological polar surface area (TPSA) is 84.2 Å². The number of nitrogens with one attached hydrogen (secondary N) is 2. The zero-order valence-electron chi connectivity index (χ0n) is 12.4.